The molecule has 0 aromatic carbocycles. The molecule has 88 valence electrons. The first-order valence-corrected chi connectivity index (χ1v) is 6.40. The van der Waals surface area contributed by atoms with Gasteiger partial charge in [-0.05, 0) is 43.2 Å². The van der Waals surface area contributed by atoms with Gasteiger partial charge in [0.25, 0.3) is 0 Å². The van der Waals surface area contributed by atoms with Gasteiger partial charge >= 0.3 is 0 Å². The molecule has 3 heterocycles. The third kappa shape index (κ3) is 1.29. The van der Waals surface area contributed by atoms with Crippen molar-refractivity contribution >= 4 is 6.21 Å². The number of fused-ring (bicyclic) bond motifs is 2. The standard InChI is InChI=1S/C14H16N2O/c1-4-16-12-8-13-11(7-10(1)12)14(9-17-13)2-5-15-6-3-14/h1,4,8,15H,2-3,5-7,9H2. The first-order chi connectivity index (χ1) is 8.37. The highest BCUT2D eigenvalue weighted by Crippen LogP contribution is 2.50. The minimum atomic E-state index is 0.312. The van der Waals surface area contributed by atoms with Crippen molar-refractivity contribution in [3.8, 4) is 0 Å². The van der Waals surface area contributed by atoms with Gasteiger partial charge in [0.15, 0.2) is 0 Å². The summed E-state index contributed by atoms with van der Waals surface area (Å²) < 4.78 is 5.93. The summed E-state index contributed by atoms with van der Waals surface area (Å²) in [6, 6.07) is 0. The van der Waals surface area contributed by atoms with E-state index in [1.165, 1.54) is 24.0 Å². The Bertz CT molecular complexity index is 490. The Kier molecular flexibility index (Phi) is 1.89. The minimum Gasteiger partial charge on any atom is -0.493 e. The van der Waals surface area contributed by atoms with Crippen LogP contribution in [0.5, 0.6) is 0 Å². The van der Waals surface area contributed by atoms with Crippen molar-refractivity contribution in [3.05, 3.63) is 34.8 Å². The van der Waals surface area contributed by atoms with Crippen molar-refractivity contribution in [1.29, 1.82) is 0 Å². The van der Waals surface area contributed by atoms with Gasteiger partial charge in [-0.2, -0.15) is 0 Å². The van der Waals surface area contributed by atoms with Crippen LogP contribution in [0.3, 0.4) is 0 Å². The van der Waals surface area contributed by atoms with Crippen LogP contribution in [-0.4, -0.2) is 25.9 Å². The van der Waals surface area contributed by atoms with Crippen molar-refractivity contribution in [1.82, 2.24) is 5.32 Å². The van der Waals surface area contributed by atoms with Crippen molar-refractivity contribution < 1.29 is 4.74 Å². The minimum absolute atomic E-state index is 0.312. The Morgan fingerprint density at radius 2 is 2.18 bits per heavy atom. The van der Waals surface area contributed by atoms with E-state index in [1.807, 2.05) is 6.21 Å². The Labute approximate surface area is 101 Å². The van der Waals surface area contributed by atoms with Crippen LogP contribution in [0.2, 0.25) is 0 Å². The van der Waals surface area contributed by atoms with Crippen LogP contribution in [-0.2, 0) is 4.74 Å². The predicted octanol–water partition coefficient (Wildman–Crippen LogP) is 1.94. The van der Waals surface area contributed by atoms with Gasteiger partial charge in [0.05, 0.1) is 12.3 Å². The van der Waals surface area contributed by atoms with Crippen molar-refractivity contribution in [2.24, 2.45) is 10.4 Å². The van der Waals surface area contributed by atoms with Gasteiger partial charge < -0.3 is 10.1 Å². The zero-order valence-corrected chi connectivity index (χ0v) is 9.83. The molecule has 0 saturated carbocycles. The van der Waals surface area contributed by atoms with Gasteiger partial charge in [-0.25, -0.2) is 0 Å². The first-order valence-electron chi connectivity index (χ1n) is 6.40. The Balaban J connectivity index is 1.75. The van der Waals surface area contributed by atoms with Gasteiger partial charge in [0, 0.05) is 24.1 Å². The van der Waals surface area contributed by atoms with Gasteiger partial charge in [-0.1, -0.05) is 0 Å². The van der Waals surface area contributed by atoms with Gasteiger partial charge in [-0.3, -0.25) is 4.99 Å². The monoisotopic (exact) mass is 228 g/mol. The normalized spacial score (nSPS) is 28.7. The second-order valence-electron chi connectivity index (χ2n) is 5.34. The number of ether oxygens (including phenoxy) is 1. The third-order valence-corrected chi connectivity index (χ3v) is 4.46. The van der Waals surface area contributed by atoms with E-state index >= 15 is 0 Å². The summed E-state index contributed by atoms with van der Waals surface area (Å²) in [4.78, 5) is 4.37. The molecule has 4 rings (SSSR count). The fourth-order valence-corrected chi connectivity index (χ4v) is 3.38. The highest BCUT2D eigenvalue weighted by molar-refractivity contribution is 5.80. The number of nitrogens with one attached hydrogen (secondary N) is 1. The summed E-state index contributed by atoms with van der Waals surface area (Å²) in [5.74, 6) is 1.11. The molecule has 0 unspecified atom stereocenters. The molecule has 0 bridgehead atoms. The van der Waals surface area contributed by atoms with Crippen molar-refractivity contribution in [2.75, 3.05) is 19.7 Å². The Morgan fingerprint density at radius 3 is 3.06 bits per heavy atom. The largest absolute Gasteiger partial charge is 0.493 e. The lowest BCUT2D eigenvalue weighted by molar-refractivity contribution is 0.139. The molecule has 4 aliphatic rings. The molecule has 3 aliphatic heterocycles. The molecule has 1 aliphatic carbocycles. The van der Waals surface area contributed by atoms with E-state index in [2.05, 4.69) is 22.5 Å². The fraction of sp³-hybridized carbons (Fsp3) is 0.500. The van der Waals surface area contributed by atoms with Crippen LogP contribution < -0.4 is 5.32 Å². The summed E-state index contributed by atoms with van der Waals surface area (Å²) in [6.45, 7) is 3.11. The lowest BCUT2D eigenvalue weighted by Gasteiger charge is -2.35. The molecule has 0 aromatic heterocycles. The Hall–Kier alpha value is -1.35. The molecule has 1 spiro atoms. The highest BCUT2D eigenvalue weighted by atomic mass is 16.5. The second kappa shape index (κ2) is 3.33. The summed E-state index contributed by atoms with van der Waals surface area (Å²) in [5, 5.41) is 3.44. The van der Waals surface area contributed by atoms with Gasteiger partial charge in [-0.15, -0.1) is 0 Å². The number of aliphatic imine (C=N–C) groups is 1. The molecular formula is C14H16N2O. The van der Waals surface area contributed by atoms with E-state index in [4.69, 9.17) is 4.74 Å². The zero-order chi connectivity index (χ0) is 11.3. The van der Waals surface area contributed by atoms with E-state index in [1.54, 1.807) is 0 Å². The van der Waals surface area contributed by atoms with Crippen molar-refractivity contribution in [3.63, 3.8) is 0 Å². The maximum Gasteiger partial charge on any atom is 0.121 e. The number of hydrogen-bond acceptors (Lipinski definition) is 3. The van der Waals surface area contributed by atoms with Crippen LogP contribution in [0.4, 0.5) is 0 Å². The predicted molar refractivity (Wildman–Crippen MR) is 66.8 cm³/mol. The van der Waals surface area contributed by atoms with Crippen LogP contribution >= 0.6 is 0 Å². The summed E-state index contributed by atoms with van der Waals surface area (Å²) >= 11 is 0. The molecule has 1 fully saturated rings. The summed E-state index contributed by atoms with van der Waals surface area (Å²) in [7, 11) is 0. The smallest absolute Gasteiger partial charge is 0.121 e. The van der Waals surface area contributed by atoms with E-state index < -0.39 is 0 Å². The maximum atomic E-state index is 5.93. The molecule has 0 amide bonds. The number of allylic oxidation sites excluding steroid dienone is 3. The number of rotatable bonds is 0. The number of hydrogen-bond donors (Lipinski definition) is 1. The van der Waals surface area contributed by atoms with Gasteiger partial charge in [0.1, 0.15) is 5.76 Å². The maximum absolute atomic E-state index is 5.93. The summed E-state index contributed by atoms with van der Waals surface area (Å²) in [6.07, 6.45) is 9.64. The van der Waals surface area contributed by atoms with Crippen LogP contribution in [0.15, 0.2) is 39.7 Å². The molecular weight excluding hydrogens is 212 g/mol. The molecule has 0 aromatic rings. The first kappa shape index (κ1) is 9.66. The lowest BCUT2D eigenvalue weighted by Crippen LogP contribution is -2.39. The van der Waals surface area contributed by atoms with Crippen LogP contribution in [0.1, 0.15) is 19.3 Å². The number of nitrogens with zero attached hydrogens (tertiary/aromatic N) is 1. The summed E-state index contributed by atoms with van der Waals surface area (Å²) in [5.41, 5.74) is 4.31. The molecule has 17 heavy (non-hydrogen) atoms. The molecule has 1 saturated heterocycles. The molecule has 1 N–H and O–H groups in total. The van der Waals surface area contributed by atoms with Gasteiger partial charge in [0.2, 0.25) is 0 Å². The lowest BCUT2D eigenvalue weighted by atomic mass is 9.71. The van der Waals surface area contributed by atoms with E-state index in [-0.39, 0.29) is 0 Å². The van der Waals surface area contributed by atoms with E-state index in [0.29, 0.717) is 5.41 Å². The average molecular weight is 228 g/mol. The zero-order valence-electron chi connectivity index (χ0n) is 9.83. The molecule has 3 heteroatoms. The van der Waals surface area contributed by atoms with Crippen LogP contribution in [0, 0.1) is 5.41 Å². The second-order valence-corrected chi connectivity index (χ2v) is 5.34. The quantitative estimate of drug-likeness (QED) is 0.687. The van der Waals surface area contributed by atoms with E-state index in [9.17, 15) is 0 Å². The fourth-order valence-electron chi connectivity index (χ4n) is 3.38. The highest BCUT2D eigenvalue weighted by Gasteiger charge is 2.44. The molecule has 0 atom stereocenters. The average Bonchev–Trinajstić information content (AvgIpc) is 2.94. The topological polar surface area (TPSA) is 33.6 Å². The third-order valence-electron chi connectivity index (χ3n) is 4.46. The SMILES string of the molecule is C1=NC2=CC3=C(CC2=C1)C1(CCNCC1)CO3. The van der Waals surface area contributed by atoms with Crippen LogP contribution in [0.25, 0.3) is 0 Å². The van der Waals surface area contributed by atoms with E-state index in [0.717, 1.165) is 37.6 Å². The number of piperidine rings is 1. The molecule has 0 radical (unpaired) electrons. The van der Waals surface area contributed by atoms with Crippen molar-refractivity contribution in [2.45, 2.75) is 19.3 Å². The Morgan fingerprint density at radius 1 is 1.29 bits per heavy atom. The molecule has 3 nitrogen and oxygen atoms in total.